The molecule has 5 heteroatoms. The minimum Gasteiger partial charge on any atom is -0.375 e. The summed E-state index contributed by atoms with van der Waals surface area (Å²) in [4.78, 5) is 26.0. The third kappa shape index (κ3) is 2.61. The third-order valence-corrected chi connectivity index (χ3v) is 4.12. The summed E-state index contributed by atoms with van der Waals surface area (Å²) >= 11 is 5.95. The molecular weight excluding hydrogens is 290 g/mol. The molecule has 112 valence electrons. The lowest BCUT2D eigenvalue weighted by Gasteiger charge is -2.43. The van der Waals surface area contributed by atoms with Gasteiger partial charge in [-0.15, -0.1) is 0 Å². The van der Waals surface area contributed by atoms with Gasteiger partial charge in [-0.1, -0.05) is 41.9 Å². The van der Waals surface area contributed by atoms with E-state index in [1.54, 1.807) is 30.3 Å². The van der Waals surface area contributed by atoms with Gasteiger partial charge in [-0.2, -0.15) is 0 Å². The average Bonchev–Trinajstić information content (AvgIpc) is 2.52. The van der Waals surface area contributed by atoms with Crippen LogP contribution in [0.25, 0.3) is 0 Å². The Morgan fingerprint density at radius 3 is 2.33 bits per heavy atom. The number of rotatable bonds is 6. The van der Waals surface area contributed by atoms with Gasteiger partial charge in [0.25, 0.3) is 0 Å². The highest BCUT2D eigenvalue weighted by Crippen LogP contribution is 2.42. The topological polar surface area (TPSA) is 57.6 Å². The van der Waals surface area contributed by atoms with Crippen molar-refractivity contribution in [1.82, 2.24) is 4.90 Å². The molecule has 0 aliphatic heterocycles. The van der Waals surface area contributed by atoms with Crippen molar-refractivity contribution in [2.45, 2.75) is 25.9 Å². The van der Waals surface area contributed by atoms with Crippen LogP contribution in [0.2, 0.25) is 0 Å². The van der Waals surface area contributed by atoms with Gasteiger partial charge < -0.3 is 10.0 Å². The van der Waals surface area contributed by atoms with E-state index in [1.807, 2.05) is 18.7 Å². The van der Waals surface area contributed by atoms with Crippen molar-refractivity contribution in [2.24, 2.45) is 0 Å². The monoisotopic (exact) mass is 307 g/mol. The molecule has 0 fully saturated rings. The standard InChI is InChI=1S/C16H18ClNO3/c1-3-18(4-2)14-13(17)15(20)16(14,21)10-12(19)11-8-6-5-7-9-11/h5-9,21H,3-4,10H2,1-2H3. The maximum atomic E-state index is 12.3. The molecule has 0 aromatic heterocycles. The predicted octanol–water partition coefficient (Wildman–Crippen LogP) is 2.37. The van der Waals surface area contributed by atoms with Crippen molar-refractivity contribution in [3.8, 4) is 0 Å². The molecule has 1 unspecified atom stereocenters. The summed E-state index contributed by atoms with van der Waals surface area (Å²) in [6.07, 6.45) is -0.280. The first-order valence-electron chi connectivity index (χ1n) is 6.96. The van der Waals surface area contributed by atoms with E-state index in [4.69, 9.17) is 11.6 Å². The largest absolute Gasteiger partial charge is 0.375 e. The number of hydrogen-bond donors (Lipinski definition) is 1. The molecule has 0 saturated heterocycles. The lowest BCUT2D eigenvalue weighted by Crippen LogP contribution is -2.56. The third-order valence-electron chi connectivity index (χ3n) is 3.77. The first-order chi connectivity index (χ1) is 9.95. The molecule has 4 nitrogen and oxygen atoms in total. The van der Waals surface area contributed by atoms with Gasteiger partial charge in [0.15, 0.2) is 11.4 Å². The van der Waals surface area contributed by atoms with E-state index in [2.05, 4.69) is 0 Å². The lowest BCUT2D eigenvalue weighted by molar-refractivity contribution is -0.135. The zero-order valence-corrected chi connectivity index (χ0v) is 12.9. The highest BCUT2D eigenvalue weighted by atomic mass is 35.5. The van der Waals surface area contributed by atoms with Crippen LogP contribution in [0.3, 0.4) is 0 Å². The average molecular weight is 308 g/mol. The second kappa shape index (κ2) is 6.00. The summed E-state index contributed by atoms with van der Waals surface area (Å²) in [6, 6.07) is 8.62. The number of ketones is 2. The minimum absolute atomic E-state index is 0.0297. The molecule has 1 N–H and O–H groups in total. The first kappa shape index (κ1) is 15.7. The SMILES string of the molecule is CCN(CC)C1=C(Cl)C(=O)C1(O)CC(=O)c1ccccc1. The van der Waals surface area contributed by atoms with Crippen molar-refractivity contribution in [2.75, 3.05) is 13.1 Å². The van der Waals surface area contributed by atoms with Crippen LogP contribution < -0.4 is 0 Å². The van der Waals surface area contributed by atoms with E-state index in [0.717, 1.165) is 0 Å². The Hall–Kier alpha value is -1.65. The van der Waals surface area contributed by atoms with E-state index >= 15 is 0 Å². The molecule has 1 aliphatic carbocycles. The van der Waals surface area contributed by atoms with Gasteiger partial charge in [0.1, 0.15) is 5.03 Å². The summed E-state index contributed by atoms with van der Waals surface area (Å²) in [5.74, 6) is -0.851. The summed E-state index contributed by atoms with van der Waals surface area (Å²) in [5, 5.41) is 10.6. The van der Waals surface area contributed by atoms with Gasteiger partial charge in [-0.05, 0) is 13.8 Å². The smallest absolute Gasteiger partial charge is 0.214 e. The van der Waals surface area contributed by atoms with Crippen LogP contribution in [0.5, 0.6) is 0 Å². The Morgan fingerprint density at radius 1 is 1.24 bits per heavy atom. The molecule has 1 atom stereocenters. The number of carbonyl (C=O) groups excluding carboxylic acids is 2. The summed E-state index contributed by atoms with van der Waals surface area (Å²) in [5.41, 5.74) is -0.958. The number of aliphatic hydroxyl groups is 1. The first-order valence-corrected chi connectivity index (χ1v) is 7.34. The van der Waals surface area contributed by atoms with Crippen molar-refractivity contribution in [3.05, 3.63) is 46.6 Å². The molecular formula is C16H18ClNO3. The highest BCUT2D eigenvalue weighted by molar-refractivity contribution is 6.48. The van der Waals surface area contributed by atoms with Gasteiger partial charge in [0.2, 0.25) is 5.78 Å². The highest BCUT2D eigenvalue weighted by Gasteiger charge is 2.55. The van der Waals surface area contributed by atoms with E-state index < -0.39 is 11.4 Å². The van der Waals surface area contributed by atoms with E-state index in [9.17, 15) is 14.7 Å². The quantitative estimate of drug-likeness (QED) is 0.820. The molecule has 0 saturated carbocycles. The fourth-order valence-electron chi connectivity index (χ4n) is 2.58. The Bertz CT molecular complexity index is 593. The Kier molecular flexibility index (Phi) is 4.49. The number of Topliss-reactive ketones (excluding diaryl/α,β-unsaturated/α-hetero) is 2. The number of hydrogen-bond acceptors (Lipinski definition) is 4. The van der Waals surface area contributed by atoms with Crippen LogP contribution in [-0.4, -0.2) is 40.3 Å². The molecule has 0 amide bonds. The van der Waals surface area contributed by atoms with Crippen LogP contribution in [0.1, 0.15) is 30.6 Å². The van der Waals surface area contributed by atoms with Crippen LogP contribution in [0, 0.1) is 0 Å². The van der Waals surface area contributed by atoms with Gasteiger partial charge in [0, 0.05) is 18.7 Å². The van der Waals surface area contributed by atoms with Gasteiger partial charge in [-0.3, -0.25) is 9.59 Å². The fraction of sp³-hybridized carbons (Fsp3) is 0.375. The van der Waals surface area contributed by atoms with Gasteiger partial charge >= 0.3 is 0 Å². The predicted molar refractivity (Wildman–Crippen MR) is 81.1 cm³/mol. The van der Waals surface area contributed by atoms with Crippen molar-refractivity contribution < 1.29 is 14.7 Å². The molecule has 1 aromatic rings. The summed E-state index contributed by atoms with van der Waals surface area (Å²) in [6.45, 7) is 5.03. The summed E-state index contributed by atoms with van der Waals surface area (Å²) < 4.78 is 0. The molecule has 0 radical (unpaired) electrons. The zero-order chi connectivity index (χ0) is 15.6. The Balaban J connectivity index is 2.26. The maximum absolute atomic E-state index is 12.3. The van der Waals surface area contributed by atoms with Crippen LogP contribution in [0.15, 0.2) is 41.1 Å². The molecule has 21 heavy (non-hydrogen) atoms. The normalized spacial score (nSPS) is 21.2. The Morgan fingerprint density at radius 2 is 1.81 bits per heavy atom. The van der Waals surface area contributed by atoms with Gasteiger partial charge in [-0.25, -0.2) is 0 Å². The number of likely N-dealkylation sites (N-methyl/N-ethyl adjacent to an activating group) is 1. The summed E-state index contributed by atoms with van der Waals surface area (Å²) in [7, 11) is 0. The fourth-order valence-corrected chi connectivity index (χ4v) is 3.01. The van der Waals surface area contributed by atoms with E-state index in [1.165, 1.54) is 0 Å². The lowest BCUT2D eigenvalue weighted by atomic mass is 9.77. The number of nitrogens with zero attached hydrogens (tertiary/aromatic N) is 1. The number of carbonyl (C=O) groups is 2. The van der Waals surface area contributed by atoms with Crippen LogP contribution in [-0.2, 0) is 4.79 Å². The second-order valence-electron chi connectivity index (χ2n) is 4.99. The van der Waals surface area contributed by atoms with E-state index in [-0.39, 0.29) is 17.2 Å². The maximum Gasteiger partial charge on any atom is 0.214 e. The van der Waals surface area contributed by atoms with Crippen molar-refractivity contribution in [1.29, 1.82) is 0 Å². The van der Waals surface area contributed by atoms with E-state index in [0.29, 0.717) is 24.4 Å². The zero-order valence-electron chi connectivity index (χ0n) is 12.1. The number of halogens is 1. The molecule has 0 heterocycles. The van der Waals surface area contributed by atoms with Crippen molar-refractivity contribution in [3.63, 3.8) is 0 Å². The van der Waals surface area contributed by atoms with Gasteiger partial charge in [0.05, 0.1) is 12.1 Å². The molecule has 1 aliphatic rings. The number of benzene rings is 1. The van der Waals surface area contributed by atoms with Crippen LogP contribution in [0.4, 0.5) is 0 Å². The minimum atomic E-state index is -1.80. The Labute approximate surface area is 129 Å². The molecule has 2 rings (SSSR count). The molecule has 0 bridgehead atoms. The van der Waals surface area contributed by atoms with Crippen molar-refractivity contribution >= 4 is 23.2 Å². The molecule has 1 aromatic carbocycles. The second-order valence-corrected chi connectivity index (χ2v) is 5.37. The van der Waals surface area contributed by atoms with Crippen LogP contribution >= 0.6 is 11.6 Å². The molecule has 0 spiro atoms.